The Morgan fingerprint density at radius 2 is 2.06 bits per heavy atom. The fourth-order valence-electron chi connectivity index (χ4n) is 1.75. The maximum Gasteiger partial charge on any atom is 0.337 e. The van der Waals surface area contributed by atoms with Crippen LogP contribution in [0.15, 0.2) is 22.7 Å². The van der Waals surface area contributed by atoms with Crippen LogP contribution in [0, 0.1) is 0 Å². The molecule has 1 aromatic carbocycles. The number of hydrogen-bond donors (Lipinski definition) is 1. The Morgan fingerprint density at radius 3 is 2.69 bits per heavy atom. The van der Waals surface area contributed by atoms with Gasteiger partial charge in [0.2, 0.25) is 0 Å². The molecule has 0 saturated carbocycles. The van der Waals surface area contributed by atoms with Gasteiger partial charge in [-0.25, -0.2) is 4.79 Å². The Kier molecular flexibility index (Phi) is 3.46. The maximum absolute atomic E-state index is 11.1. The van der Waals surface area contributed by atoms with E-state index in [9.17, 15) is 4.79 Å². The van der Waals surface area contributed by atoms with Crippen molar-refractivity contribution in [1.29, 1.82) is 0 Å². The van der Waals surface area contributed by atoms with E-state index in [0.717, 1.165) is 23.2 Å². The minimum atomic E-state index is -0.894. The van der Waals surface area contributed by atoms with E-state index in [1.807, 2.05) is 11.0 Å². The largest absolute Gasteiger partial charge is 0.478 e. The van der Waals surface area contributed by atoms with Crippen LogP contribution in [0.1, 0.15) is 10.4 Å². The second-order valence-corrected chi connectivity index (χ2v) is 4.48. The van der Waals surface area contributed by atoms with Crippen LogP contribution in [0.25, 0.3) is 0 Å². The van der Waals surface area contributed by atoms with Gasteiger partial charge in [0.05, 0.1) is 24.5 Å². The van der Waals surface area contributed by atoms with Gasteiger partial charge < -0.3 is 14.7 Å². The fourth-order valence-corrected chi connectivity index (χ4v) is 2.10. The molecule has 1 saturated heterocycles. The third-order valence-electron chi connectivity index (χ3n) is 2.54. The van der Waals surface area contributed by atoms with Crippen molar-refractivity contribution in [2.75, 3.05) is 31.2 Å². The zero-order chi connectivity index (χ0) is 11.5. The number of carboxylic acids is 1. The molecular weight excluding hydrogens is 274 g/mol. The Balaban J connectivity index is 2.36. The second kappa shape index (κ2) is 4.84. The number of aromatic carboxylic acids is 1. The molecule has 0 radical (unpaired) electrons. The monoisotopic (exact) mass is 285 g/mol. The Bertz CT molecular complexity index is 402. The highest BCUT2D eigenvalue weighted by molar-refractivity contribution is 9.10. The van der Waals surface area contributed by atoms with Crippen molar-refractivity contribution in [2.24, 2.45) is 0 Å². The van der Waals surface area contributed by atoms with Crippen LogP contribution in [-0.2, 0) is 4.74 Å². The van der Waals surface area contributed by atoms with Crippen molar-refractivity contribution in [3.63, 3.8) is 0 Å². The molecule has 1 aromatic rings. The minimum absolute atomic E-state index is 0.338. The van der Waals surface area contributed by atoms with E-state index >= 15 is 0 Å². The summed E-state index contributed by atoms with van der Waals surface area (Å²) < 4.78 is 6.14. The van der Waals surface area contributed by atoms with E-state index in [0.29, 0.717) is 18.8 Å². The first-order valence-corrected chi connectivity index (χ1v) is 5.83. The van der Waals surface area contributed by atoms with Gasteiger partial charge in [0.15, 0.2) is 0 Å². The van der Waals surface area contributed by atoms with Crippen molar-refractivity contribution in [3.05, 3.63) is 28.2 Å². The summed E-state index contributed by atoms with van der Waals surface area (Å²) in [6.45, 7) is 2.75. The molecule has 2 rings (SSSR count). The summed E-state index contributed by atoms with van der Waals surface area (Å²) >= 11 is 3.36. The molecular formula is C11H12BrNO3. The van der Waals surface area contributed by atoms with E-state index in [4.69, 9.17) is 9.84 Å². The number of carboxylic acid groups (broad SMARTS) is 1. The average Bonchev–Trinajstić information content (AvgIpc) is 2.29. The van der Waals surface area contributed by atoms with E-state index in [-0.39, 0.29) is 0 Å². The number of rotatable bonds is 2. The molecule has 16 heavy (non-hydrogen) atoms. The molecule has 0 unspecified atom stereocenters. The highest BCUT2D eigenvalue weighted by atomic mass is 79.9. The zero-order valence-corrected chi connectivity index (χ0v) is 10.2. The van der Waals surface area contributed by atoms with Crippen LogP contribution in [0.3, 0.4) is 0 Å². The Morgan fingerprint density at radius 1 is 1.38 bits per heavy atom. The van der Waals surface area contributed by atoms with Gasteiger partial charge in [-0.2, -0.15) is 0 Å². The van der Waals surface area contributed by atoms with Gasteiger partial charge >= 0.3 is 5.97 Å². The van der Waals surface area contributed by atoms with E-state index < -0.39 is 5.97 Å². The number of benzene rings is 1. The highest BCUT2D eigenvalue weighted by Gasteiger charge is 2.18. The van der Waals surface area contributed by atoms with Gasteiger partial charge in [0.25, 0.3) is 0 Å². The molecule has 0 aliphatic carbocycles. The first-order chi connectivity index (χ1) is 7.68. The summed E-state index contributed by atoms with van der Waals surface area (Å²) in [6, 6.07) is 5.21. The molecule has 1 N–H and O–H groups in total. The molecule has 0 aromatic heterocycles. The van der Waals surface area contributed by atoms with Crippen LogP contribution in [0.4, 0.5) is 5.69 Å². The molecule has 0 amide bonds. The summed E-state index contributed by atoms with van der Waals surface area (Å²) in [6.07, 6.45) is 0. The Labute approximate surface area is 102 Å². The van der Waals surface area contributed by atoms with Crippen molar-refractivity contribution in [2.45, 2.75) is 0 Å². The molecule has 0 spiro atoms. The SMILES string of the molecule is O=C(O)c1ccc(Br)cc1N1CCOCC1. The molecule has 1 fully saturated rings. The molecule has 4 nitrogen and oxygen atoms in total. The van der Waals surface area contributed by atoms with Crippen molar-refractivity contribution >= 4 is 27.6 Å². The summed E-state index contributed by atoms with van der Waals surface area (Å²) in [5, 5.41) is 9.11. The lowest BCUT2D eigenvalue weighted by molar-refractivity contribution is 0.0696. The van der Waals surface area contributed by atoms with Gasteiger partial charge in [-0.15, -0.1) is 0 Å². The molecule has 1 aliphatic rings. The summed E-state index contributed by atoms with van der Waals surface area (Å²) in [7, 11) is 0. The molecule has 0 atom stereocenters. The molecule has 1 heterocycles. The minimum Gasteiger partial charge on any atom is -0.478 e. The lowest BCUT2D eigenvalue weighted by Crippen LogP contribution is -2.37. The zero-order valence-electron chi connectivity index (χ0n) is 8.65. The topological polar surface area (TPSA) is 49.8 Å². The Hall–Kier alpha value is -1.07. The van der Waals surface area contributed by atoms with Crippen LogP contribution >= 0.6 is 15.9 Å². The molecule has 5 heteroatoms. The van der Waals surface area contributed by atoms with Crippen molar-refractivity contribution in [3.8, 4) is 0 Å². The van der Waals surface area contributed by atoms with E-state index in [2.05, 4.69) is 15.9 Å². The van der Waals surface area contributed by atoms with E-state index in [1.54, 1.807) is 12.1 Å². The van der Waals surface area contributed by atoms with Gasteiger partial charge in [0, 0.05) is 17.6 Å². The molecule has 0 bridgehead atoms. The summed E-state index contributed by atoms with van der Waals surface area (Å²) in [5.74, 6) is -0.894. The third-order valence-corrected chi connectivity index (χ3v) is 3.04. The highest BCUT2D eigenvalue weighted by Crippen LogP contribution is 2.26. The predicted octanol–water partition coefficient (Wildman–Crippen LogP) is 1.98. The standard InChI is InChI=1S/C11H12BrNO3/c12-8-1-2-9(11(14)15)10(7-8)13-3-5-16-6-4-13/h1-2,7H,3-6H2,(H,14,15). The molecule has 86 valence electrons. The van der Waals surface area contributed by atoms with Crippen molar-refractivity contribution in [1.82, 2.24) is 0 Å². The summed E-state index contributed by atoms with van der Waals surface area (Å²) in [4.78, 5) is 13.1. The van der Waals surface area contributed by atoms with Crippen LogP contribution in [-0.4, -0.2) is 37.4 Å². The normalized spacial score (nSPS) is 16.2. The van der Waals surface area contributed by atoms with Crippen LogP contribution in [0.2, 0.25) is 0 Å². The quantitative estimate of drug-likeness (QED) is 0.903. The first-order valence-electron chi connectivity index (χ1n) is 5.04. The van der Waals surface area contributed by atoms with Gasteiger partial charge in [-0.1, -0.05) is 15.9 Å². The predicted molar refractivity (Wildman–Crippen MR) is 64.1 cm³/mol. The number of carbonyl (C=O) groups is 1. The van der Waals surface area contributed by atoms with E-state index in [1.165, 1.54) is 0 Å². The fraction of sp³-hybridized carbons (Fsp3) is 0.364. The first kappa shape index (κ1) is 11.4. The maximum atomic E-state index is 11.1. The van der Waals surface area contributed by atoms with Crippen LogP contribution < -0.4 is 4.90 Å². The lowest BCUT2D eigenvalue weighted by atomic mass is 10.1. The third kappa shape index (κ3) is 2.36. The van der Waals surface area contributed by atoms with Crippen molar-refractivity contribution < 1.29 is 14.6 Å². The lowest BCUT2D eigenvalue weighted by Gasteiger charge is -2.30. The summed E-state index contributed by atoms with van der Waals surface area (Å²) in [5.41, 5.74) is 1.09. The number of nitrogens with zero attached hydrogens (tertiary/aromatic N) is 1. The number of ether oxygens (including phenoxy) is 1. The number of morpholine rings is 1. The smallest absolute Gasteiger partial charge is 0.337 e. The van der Waals surface area contributed by atoms with Gasteiger partial charge in [0.1, 0.15) is 0 Å². The second-order valence-electron chi connectivity index (χ2n) is 3.57. The number of halogens is 1. The number of hydrogen-bond acceptors (Lipinski definition) is 3. The molecule has 1 aliphatic heterocycles. The van der Waals surface area contributed by atoms with Gasteiger partial charge in [-0.05, 0) is 18.2 Å². The van der Waals surface area contributed by atoms with Gasteiger partial charge in [-0.3, -0.25) is 0 Å². The van der Waals surface area contributed by atoms with Crippen LogP contribution in [0.5, 0.6) is 0 Å². The average molecular weight is 286 g/mol. The number of anilines is 1.